The topological polar surface area (TPSA) is 76.1 Å². The van der Waals surface area contributed by atoms with Gasteiger partial charge in [0.05, 0.1) is 12.3 Å². The van der Waals surface area contributed by atoms with Crippen molar-refractivity contribution in [3.05, 3.63) is 41.7 Å². The van der Waals surface area contributed by atoms with Crippen LogP contribution in [0.25, 0.3) is 0 Å². The number of rotatable bonds is 6. The number of benzene rings is 1. The Kier molecular flexibility index (Phi) is 6.04. The molecule has 1 aliphatic rings. The third-order valence-electron chi connectivity index (χ3n) is 4.46. The molecule has 0 saturated heterocycles. The number of nitrogens with one attached hydrogen (secondary N) is 2. The molecule has 1 aromatic carbocycles. The van der Waals surface area contributed by atoms with E-state index in [0.717, 1.165) is 18.5 Å². The van der Waals surface area contributed by atoms with Gasteiger partial charge in [-0.05, 0) is 44.9 Å². The van der Waals surface area contributed by atoms with E-state index in [4.69, 9.17) is 4.74 Å². The third kappa shape index (κ3) is 4.71. The van der Waals surface area contributed by atoms with Crippen molar-refractivity contribution in [1.82, 2.24) is 9.97 Å². The van der Waals surface area contributed by atoms with Crippen LogP contribution in [0.4, 0.5) is 11.6 Å². The average Bonchev–Trinajstić information content (AvgIpc) is 2.64. The molecular formula is C20H26N4O2. The van der Waals surface area contributed by atoms with Crippen molar-refractivity contribution in [2.75, 3.05) is 17.2 Å². The minimum absolute atomic E-state index is 0.269. The number of ether oxygens (including phenoxy) is 1. The van der Waals surface area contributed by atoms with Gasteiger partial charge in [-0.1, -0.05) is 31.4 Å². The summed E-state index contributed by atoms with van der Waals surface area (Å²) in [6, 6.07) is 9.48. The number of carbonyl (C=O) groups is 1. The SMILES string of the molecule is CCOc1ccccc1NC(=O)c1cc(C)nc(NC2CCCCC2)n1. The molecule has 0 aliphatic heterocycles. The lowest BCUT2D eigenvalue weighted by atomic mass is 9.96. The Bertz CT molecular complexity index is 757. The van der Waals surface area contributed by atoms with E-state index in [1.807, 2.05) is 38.1 Å². The number of para-hydroxylation sites is 2. The molecule has 0 atom stereocenters. The highest BCUT2D eigenvalue weighted by Gasteiger charge is 2.17. The molecule has 1 amide bonds. The molecule has 2 N–H and O–H groups in total. The maximum Gasteiger partial charge on any atom is 0.274 e. The zero-order chi connectivity index (χ0) is 18.4. The van der Waals surface area contributed by atoms with Crippen LogP contribution in [0.2, 0.25) is 0 Å². The summed E-state index contributed by atoms with van der Waals surface area (Å²) in [5.41, 5.74) is 1.75. The fourth-order valence-electron chi connectivity index (χ4n) is 3.22. The van der Waals surface area contributed by atoms with Gasteiger partial charge in [0.2, 0.25) is 5.95 Å². The van der Waals surface area contributed by atoms with Gasteiger partial charge in [0.1, 0.15) is 11.4 Å². The number of anilines is 2. The largest absolute Gasteiger partial charge is 0.492 e. The second-order valence-electron chi connectivity index (χ2n) is 6.58. The van der Waals surface area contributed by atoms with Crippen molar-refractivity contribution in [2.45, 2.75) is 52.0 Å². The Labute approximate surface area is 154 Å². The van der Waals surface area contributed by atoms with Gasteiger partial charge in [0, 0.05) is 11.7 Å². The zero-order valence-electron chi connectivity index (χ0n) is 15.4. The molecule has 0 radical (unpaired) electrons. The van der Waals surface area contributed by atoms with Crippen LogP contribution < -0.4 is 15.4 Å². The average molecular weight is 354 g/mol. The lowest BCUT2D eigenvalue weighted by Gasteiger charge is -2.23. The van der Waals surface area contributed by atoms with Crippen molar-refractivity contribution >= 4 is 17.5 Å². The van der Waals surface area contributed by atoms with Crippen LogP contribution in [0.3, 0.4) is 0 Å². The van der Waals surface area contributed by atoms with E-state index in [9.17, 15) is 4.79 Å². The fourth-order valence-corrected chi connectivity index (χ4v) is 3.22. The van der Waals surface area contributed by atoms with E-state index in [-0.39, 0.29) is 5.91 Å². The van der Waals surface area contributed by atoms with Crippen LogP contribution in [0.1, 0.15) is 55.2 Å². The van der Waals surface area contributed by atoms with E-state index >= 15 is 0 Å². The highest BCUT2D eigenvalue weighted by molar-refractivity contribution is 6.03. The van der Waals surface area contributed by atoms with Gasteiger partial charge < -0.3 is 15.4 Å². The summed E-state index contributed by atoms with van der Waals surface area (Å²) in [7, 11) is 0. The third-order valence-corrected chi connectivity index (χ3v) is 4.46. The van der Waals surface area contributed by atoms with Crippen LogP contribution in [0.15, 0.2) is 30.3 Å². The summed E-state index contributed by atoms with van der Waals surface area (Å²) in [4.78, 5) is 21.5. The quantitative estimate of drug-likeness (QED) is 0.814. The Morgan fingerprint density at radius 2 is 1.96 bits per heavy atom. The standard InChI is InChI=1S/C20H26N4O2/c1-3-26-18-12-8-7-11-16(18)23-19(25)17-13-14(2)21-20(24-17)22-15-9-5-4-6-10-15/h7-8,11-13,15H,3-6,9-10H2,1-2H3,(H,23,25)(H,21,22,24). The van der Waals surface area contributed by atoms with Crippen LogP contribution in [-0.2, 0) is 0 Å². The van der Waals surface area contributed by atoms with E-state index in [2.05, 4.69) is 20.6 Å². The van der Waals surface area contributed by atoms with Crippen molar-refractivity contribution < 1.29 is 9.53 Å². The Morgan fingerprint density at radius 3 is 2.73 bits per heavy atom. The molecule has 138 valence electrons. The molecule has 1 aromatic heterocycles. The number of nitrogens with zero attached hydrogens (tertiary/aromatic N) is 2. The molecular weight excluding hydrogens is 328 g/mol. The minimum atomic E-state index is -0.269. The summed E-state index contributed by atoms with van der Waals surface area (Å²) >= 11 is 0. The summed E-state index contributed by atoms with van der Waals surface area (Å²) in [6.45, 7) is 4.32. The Hall–Kier alpha value is -2.63. The first-order valence-corrected chi connectivity index (χ1v) is 9.31. The first kappa shape index (κ1) is 18.2. The van der Waals surface area contributed by atoms with Gasteiger partial charge >= 0.3 is 0 Å². The molecule has 1 heterocycles. The molecule has 0 unspecified atom stereocenters. The summed E-state index contributed by atoms with van der Waals surface area (Å²) in [5.74, 6) is 0.907. The molecule has 3 rings (SSSR count). The lowest BCUT2D eigenvalue weighted by molar-refractivity contribution is 0.102. The second-order valence-corrected chi connectivity index (χ2v) is 6.58. The highest BCUT2D eigenvalue weighted by atomic mass is 16.5. The molecule has 1 aliphatic carbocycles. The maximum absolute atomic E-state index is 12.7. The molecule has 0 bridgehead atoms. The number of carbonyl (C=O) groups excluding carboxylic acids is 1. The Balaban J connectivity index is 1.74. The van der Waals surface area contributed by atoms with Crippen LogP contribution >= 0.6 is 0 Å². The van der Waals surface area contributed by atoms with Crippen LogP contribution in [-0.4, -0.2) is 28.5 Å². The zero-order valence-corrected chi connectivity index (χ0v) is 15.4. The van der Waals surface area contributed by atoms with Gasteiger partial charge in [-0.25, -0.2) is 9.97 Å². The van der Waals surface area contributed by atoms with Gasteiger partial charge in [0.25, 0.3) is 5.91 Å². The molecule has 0 spiro atoms. The Morgan fingerprint density at radius 1 is 1.19 bits per heavy atom. The van der Waals surface area contributed by atoms with Crippen LogP contribution in [0, 0.1) is 6.92 Å². The highest BCUT2D eigenvalue weighted by Crippen LogP contribution is 2.24. The number of amides is 1. The molecule has 26 heavy (non-hydrogen) atoms. The van der Waals surface area contributed by atoms with E-state index in [0.29, 0.717) is 35.7 Å². The van der Waals surface area contributed by atoms with Gasteiger partial charge in [0.15, 0.2) is 0 Å². The molecule has 2 aromatic rings. The first-order chi connectivity index (χ1) is 12.7. The number of aryl methyl sites for hydroxylation is 1. The monoisotopic (exact) mass is 354 g/mol. The molecule has 1 fully saturated rings. The summed E-state index contributed by atoms with van der Waals surface area (Å²) in [5, 5.41) is 6.27. The van der Waals surface area contributed by atoms with Crippen molar-refractivity contribution in [2.24, 2.45) is 0 Å². The second kappa shape index (κ2) is 8.65. The number of hydrogen-bond acceptors (Lipinski definition) is 5. The number of hydrogen-bond donors (Lipinski definition) is 2. The van der Waals surface area contributed by atoms with Crippen molar-refractivity contribution in [1.29, 1.82) is 0 Å². The predicted molar refractivity (Wildman–Crippen MR) is 103 cm³/mol. The predicted octanol–water partition coefficient (Wildman–Crippen LogP) is 4.18. The van der Waals surface area contributed by atoms with Crippen LogP contribution in [0.5, 0.6) is 5.75 Å². The van der Waals surface area contributed by atoms with Crippen molar-refractivity contribution in [3.63, 3.8) is 0 Å². The minimum Gasteiger partial charge on any atom is -0.492 e. The van der Waals surface area contributed by atoms with Gasteiger partial charge in [-0.3, -0.25) is 4.79 Å². The number of aromatic nitrogens is 2. The normalized spacial score (nSPS) is 14.7. The van der Waals surface area contributed by atoms with E-state index in [1.165, 1.54) is 19.3 Å². The van der Waals surface area contributed by atoms with E-state index < -0.39 is 0 Å². The molecule has 6 nitrogen and oxygen atoms in total. The lowest BCUT2D eigenvalue weighted by Crippen LogP contribution is -2.24. The first-order valence-electron chi connectivity index (χ1n) is 9.31. The maximum atomic E-state index is 12.7. The van der Waals surface area contributed by atoms with Crippen molar-refractivity contribution in [3.8, 4) is 5.75 Å². The molecule has 1 saturated carbocycles. The summed E-state index contributed by atoms with van der Waals surface area (Å²) in [6.07, 6.45) is 6.00. The summed E-state index contributed by atoms with van der Waals surface area (Å²) < 4.78 is 5.56. The smallest absolute Gasteiger partial charge is 0.274 e. The fraction of sp³-hybridized carbons (Fsp3) is 0.450. The van der Waals surface area contributed by atoms with Gasteiger partial charge in [-0.15, -0.1) is 0 Å². The molecule has 6 heteroatoms. The van der Waals surface area contributed by atoms with E-state index in [1.54, 1.807) is 6.07 Å². The van der Waals surface area contributed by atoms with Gasteiger partial charge in [-0.2, -0.15) is 0 Å².